The smallest absolute Gasteiger partial charge is 0.337 e. The molecule has 2 aromatic carbocycles. The second-order valence-electron chi connectivity index (χ2n) is 11.9. The van der Waals surface area contributed by atoms with Gasteiger partial charge >= 0.3 is 5.97 Å². The number of nitrogens with zero attached hydrogens (tertiary/aromatic N) is 2. The third kappa shape index (κ3) is 5.84. The summed E-state index contributed by atoms with van der Waals surface area (Å²) in [6.07, 6.45) is -0.0926. The van der Waals surface area contributed by atoms with Crippen LogP contribution in [0.25, 0.3) is 22.2 Å². The molecule has 43 heavy (non-hydrogen) atoms. The van der Waals surface area contributed by atoms with Gasteiger partial charge in [-0.2, -0.15) is 0 Å². The molecule has 0 aliphatic carbocycles. The number of benzene rings is 2. The molecule has 4 aromatic rings. The van der Waals surface area contributed by atoms with Crippen LogP contribution in [0.1, 0.15) is 71.7 Å². The lowest BCUT2D eigenvalue weighted by Crippen LogP contribution is -2.28. The van der Waals surface area contributed by atoms with E-state index in [-0.39, 0.29) is 23.6 Å². The normalized spacial score (nSPS) is 13.9. The molecule has 1 aliphatic rings. The van der Waals surface area contributed by atoms with Crippen LogP contribution in [0.2, 0.25) is 0 Å². The van der Waals surface area contributed by atoms with Crippen LogP contribution in [0, 0.1) is 25.5 Å². The minimum atomic E-state index is -1.42. The van der Waals surface area contributed by atoms with Crippen LogP contribution in [-0.4, -0.2) is 38.7 Å². The van der Waals surface area contributed by atoms with Crippen LogP contribution in [0.15, 0.2) is 36.4 Å². The van der Waals surface area contributed by atoms with E-state index in [1.807, 2.05) is 6.92 Å². The Labute approximate surface area is 248 Å². The first kappa shape index (κ1) is 30.2. The van der Waals surface area contributed by atoms with Crippen molar-refractivity contribution in [2.45, 2.75) is 65.7 Å². The largest absolute Gasteiger partial charge is 0.490 e. The quantitative estimate of drug-likeness (QED) is 0.260. The molecule has 3 heterocycles. The molecule has 0 radical (unpaired) electrons. The SMILES string of the molecule is Cc1nc2c(cc(C(=O)NCc3cccc(F)c3)n2C)c(-c2cc(F)c3c(c2C)CCCO3)c1[C@H](OC(C)(C)C)C(=O)O. The van der Waals surface area contributed by atoms with Crippen LogP contribution in [0.4, 0.5) is 8.78 Å². The number of amides is 1. The number of ether oxygens (including phenoxy) is 2. The lowest BCUT2D eigenvalue weighted by Gasteiger charge is -2.29. The number of hydrogen-bond donors (Lipinski definition) is 2. The highest BCUT2D eigenvalue weighted by atomic mass is 19.1. The molecular formula is C33H35F2N3O5. The maximum atomic E-state index is 15.6. The first-order chi connectivity index (χ1) is 20.3. The number of halogens is 2. The Morgan fingerprint density at radius 1 is 1.19 bits per heavy atom. The monoisotopic (exact) mass is 591 g/mol. The Kier molecular flexibility index (Phi) is 8.00. The minimum Gasteiger partial charge on any atom is -0.490 e. The van der Waals surface area contributed by atoms with Crippen LogP contribution in [0.5, 0.6) is 5.75 Å². The molecule has 0 bridgehead atoms. The molecule has 0 unspecified atom stereocenters. The van der Waals surface area contributed by atoms with E-state index in [0.717, 1.165) is 17.5 Å². The van der Waals surface area contributed by atoms with Crippen molar-refractivity contribution in [1.82, 2.24) is 14.9 Å². The second-order valence-corrected chi connectivity index (χ2v) is 11.9. The standard InChI is InChI=1S/C33H35F2N3O5/c1-17-21-11-8-12-42-28(21)24(35)14-22(17)27-23-15-25(31(39)36-16-19-9-7-10-20(34)13-19)38(6)30(23)37-18(2)26(27)29(32(40)41)43-33(3,4)5/h7,9-10,13-15,29H,8,11-12,16H2,1-6H3,(H,36,39)(H,40,41)/t29-/m0/s1. The number of carbonyl (C=O) groups excluding carboxylic acids is 1. The molecular weight excluding hydrogens is 556 g/mol. The third-order valence-corrected chi connectivity index (χ3v) is 7.64. The van der Waals surface area contributed by atoms with E-state index in [9.17, 15) is 19.1 Å². The predicted molar refractivity (Wildman–Crippen MR) is 158 cm³/mol. The molecule has 0 fully saturated rings. The number of rotatable bonds is 7. The molecule has 1 aliphatic heterocycles. The number of aromatic nitrogens is 2. The molecule has 0 saturated heterocycles. The van der Waals surface area contributed by atoms with Crippen molar-refractivity contribution in [1.29, 1.82) is 0 Å². The highest BCUT2D eigenvalue weighted by Gasteiger charge is 2.34. The zero-order valence-electron chi connectivity index (χ0n) is 25.1. The lowest BCUT2D eigenvalue weighted by atomic mass is 9.86. The van der Waals surface area contributed by atoms with Crippen molar-refractivity contribution < 1.29 is 33.0 Å². The Morgan fingerprint density at radius 2 is 1.93 bits per heavy atom. The maximum Gasteiger partial charge on any atom is 0.337 e. The molecule has 2 N–H and O–H groups in total. The van der Waals surface area contributed by atoms with Gasteiger partial charge in [0.1, 0.15) is 17.2 Å². The fourth-order valence-corrected chi connectivity index (χ4v) is 5.71. The average molecular weight is 592 g/mol. The number of pyridine rings is 1. The summed E-state index contributed by atoms with van der Waals surface area (Å²) < 4.78 is 42.6. The summed E-state index contributed by atoms with van der Waals surface area (Å²) in [5.74, 6) is -2.39. The number of carboxylic acids is 1. The van der Waals surface area contributed by atoms with Gasteiger partial charge in [0, 0.05) is 41.4 Å². The van der Waals surface area contributed by atoms with Gasteiger partial charge in [0.25, 0.3) is 5.91 Å². The molecule has 5 rings (SSSR count). The number of fused-ring (bicyclic) bond motifs is 2. The summed E-state index contributed by atoms with van der Waals surface area (Å²) in [5.41, 5.74) is 3.48. The van der Waals surface area contributed by atoms with Gasteiger partial charge in [0.2, 0.25) is 0 Å². The molecule has 2 aromatic heterocycles. The molecule has 8 nitrogen and oxygen atoms in total. The summed E-state index contributed by atoms with van der Waals surface area (Å²) in [5, 5.41) is 13.7. The zero-order chi connectivity index (χ0) is 31.2. The topological polar surface area (TPSA) is 103 Å². The van der Waals surface area contributed by atoms with Gasteiger partial charge < -0.3 is 24.5 Å². The van der Waals surface area contributed by atoms with Crippen LogP contribution < -0.4 is 10.1 Å². The van der Waals surface area contributed by atoms with Gasteiger partial charge in [0.05, 0.1) is 12.2 Å². The molecule has 1 amide bonds. The van der Waals surface area contributed by atoms with Crippen LogP contribution in [-0.2, 0) is 29.5 Å². The highest BCUT2D eigenvalue weighted by molar-refractivity contribution is 6.04. The van der Waals surface area contributed by atoms with Gasteiger partial charge in [0.15, 0.2) is 17.7 Å². The molecule has 10 heteroatoms. The Balaban J connectivity index is 1.75. The number of carbonyl (C=O) groups is 2. The summed E-state index contributed by atoms with van der Waals surface area (Å²) in [7, 11) is 1.68. The Morgan fingerprint density at radius 3 is 2.60 bits per heavy atom. The number of nitrogens with one attached hydrogen (secondary N) is 1. The van der Waals surface area contributed by atoms with E-state index < -0.39 is 35.2 Å². The van der Waals surface area contributed by atoms with Crippen molar-refractivity contribution in [3.05, 3.63) is 81.7 Å². The van der Waals surface area contributed by atoms with Gasteiger partial charge in [-0.1, -0.05) is 12.1 Å². The molecule has 0 spiro atoms. The fourth-order valence-electron chi connectivity index (χ4n) is 5.71. The number of aliphatic carboxylic acids is 1. The maximum absolute atomic E-state index is 15.6. The van der Waals surface area contributed by atoms with Crippen molar-refractivity contribution in [3.63, 3.8) is 0 Å². The average Bonchev–Trinajstić information content (AvgIpc) is 3.27. The minimum absolute atomic E-state index is 0.0956. The van der Waals surface area contributed by atoms with Crippen LogP contribution in [0.3, 0.4) is 0 Å². The number of aryl methyl sites for hydroxylation is 2. The lowest BCUT2D eigenvalue weighted by molar-refractivity contribution is -0.160. The second kappa shape index (κ2) is 11.4. The van der Waals surface area contributed by atoms with Crippen molar-refractivity contribution in [2.75, 3.05) is 6.61 Å². The number of hydrogen-bond acceptors (Lipinski definition) is 5. The summed E-state index contributed by atoms with van der Waals surface area (Å²) in [4.78, 5) is 30.9. The fraction of sp³-hybridized carbons (Fsp3) is 0.364. The first-order valence-electron chi connectivity index (χ1n) is 14.1. The van der Waals surface area contributed by atoms with Gasteiger partial charge in [-0.15, -0.1) is 0 Å². The van der Waals surface area contributed by atoms with Gasteiger partial charge in [-0.05, 0) is 88.4 Å². The van der Waals surface area contributed by atoms with Crippen molar-refractivity contribution in [3.8, 4) is 16.9 Å². The van der Waals surface area contributed by atoms with E-state index in [1.54, 1.807) is 57.5 Å². The highest BCUT2D eigenvalue weighted by Crippen LogP contribution is 2.44. The molecule has 226 valence electrons. The summed E-state index contributed by atoms with van der Waals surface area (Å²) >= 11 is 0. The van der Waals surface area contributed by atoms with E-state index in [2.05, 4.69) is 5.32 Å². The van der Waals surface area contributed by atoms with E-state index in [4.69, 9.17) is 14.5 Å². The molecule has 0 saturated carbocycles. The first-order valence-corrected chi connectivity index (χ1v) is 14.1. The van der Waals surface area contributed by atoms with E-state index in [0.29, 0.717) is 46.4 Å². The summed E-state index contributed by atoms with van der Waals surface area (Å²) in [6.45, 7) is 9.34. The van der Waals surface area contributed by atoms with Crippen molar-refractivity contribution in [2.24, 2.45) is 7.05 Å². The third-order valence-electron chi connectivity index (χ3n) is 7.64. The van der Waals surface area contributed by atoms with E-state index >= 15 is 4.39 Å². The van der Waals surface area contributed by atoms with Gasteiger partial charge in [-0.25, -0.2) is 18.6 Å². The predicted octanol–water partition coefficient (Wildman–Crippen LogP) is 6.33. The summed E-state index contributed by atoms with van der Waals surface area (Å²) in [6, 6.07) is 8.94. The Bertz CT molecular complexity index is 1760. The van der Waals surface area contributed by atoms with E-state index in [1.165, 1.54) is 18.2 Å². The van der Waals surface area contributed by atoms with Crippen molar-refractivity contribution >= 4 is 22.9 Å². The number of carboxylic acid groups (broad SMARTS) is 1. The zero-order valence-corrected chi connectivity index (χ0v) is 25.1. The van der Waals surface area contributed by atoms with Gasteiger partial charge in [-0.3, -0.25) is 4.79 Å². The van der Waals surface area contributed by atoms with Crippen LogP contribution >= 0.6 is 0 Å². The molecule has 1 atom stereocenters. The Hall–Kier alpha value is -4.31.